The van der Waals surface area contributed by atoms with Gasteiger partial charge < -0.3 is 10.4 Å². The van der Waals surface area contributed by atoms with Gasteiger partial charge in [-0.2, -0.15) is 13.2 Å². The summed E-state index contributed by atoms with van der Waals surface area (Å²) in [4.78, 5) is 48.5. The first kappa shape index (κ1) is 36.1. The summed E-state index contributed by atoms with van der Waals surface area (Å²) < 4.78 is 38.7. The van der Waals surface area contributed by atoms with E-state index in [9.17, 15) is 32.7 Å². The van der Waals surface area contributed by atoms with E-state index in [1.165, 1.54) is 30.4 Å². The Morgan fingerprint density at radius 2 is 1.28 bits per heavy atom. The van der Waals surface area contributed by atoms with E-state index in [-0.39, 0.29) is 24.0 Å². The summed E-state index contributed by atoms with van der Waals surface area (Å²) in [6.07, 6.45) is -0.850. The van der Waals surface area contributed by atoms with Gasteiger partial charge >= 0.3 is 12.1 Å². The molecule has 0 aliphatic carbocycles. The lowest BCUT2D eigenvalue weighted by Gasteiger charge is -2.18. The van der Waals surface area contributed by atoms with Crippen LogP contribution in [0.15, 0.2) is 97.3 Å². The maximum absolute atomic E-state index is 13.3. The maximum Gasteiger partial charge on any atom is 0.416 e. The van der Waals surface area contributed by atoms with Gasteiger partial charge in [-0.25, -0.2) is 9.97 Å². The molecule has 0 aliphatic rings. The lowest BCUT2D eigenvalue weighted by atomic mass is 9.92. The third-order valence-corrected chi connectivity index (χ3v) is 9.81. The van der Waals surface area contributed by atoms with Gasteiger partial charge in [0, 0.05) is 40.7 Å². The number of carboxylic acid groups (broad SMARTS) is 1. The van der Waals surface area contributed by atoms with Crippen molar-refractivity contribution in [3.8, 4) is 33.6 Å². The number of amides is 1. The molecule has 0 bridgehead atoms. The molecule has 0 fully saturated rings. The third kappa shape index (κ3) is 8.89. The number of carboxylic acids is 1. The number of hydrogen-bond acceptors (Lipinski definition) is 6. The van der Waals surface area contributed by atoms with Crippen molar-refractivity contribution in [2.75, 3.05) is 0 Å². The minimum absolute atomic E-state index is 0.0695. The van der Waals surface area contributed by atoms with E-state index in [4.69, 9.17) is 0 Å². The Labute approximate surface area is 292 Å². The molecule has 258 valence electrons. The van der Waals surface area contributed by atoms with E-state index in [1.54, 1.807) is 18.5 Å². The van der Waals surface area contributed by atoms with Crippen LogP contribution in [0.4, 0.5) is 13.2 Å². The number of aromatic nitrogens is 2. The average Bonchev–Trinajstić information content (AvgIpc) is 3.60. The van der Waals surface area contributed by atoms with Crippen molar-refractivity contribution in [2.24, 2.45) is 5.92 Å². The molecular weight excluding hydrogens is 664 g/mol. The molecule has 7 nitrogen and oxygen atoms in total. The fourth-order valence-electron chi connectivity index (χ4n) is 5.27. The Balaban J connectivity index is 1.27. The fraction of sp³-hybridized carbons (Fsp3) is 0.256. The normalized spacial score (nSPS) is 13.0. The molecule has 5 rings (SSSR count). The number of thiophene rings is 1. The van der Waals surface area contributed by atoms with Crippen LogP contribution in [0.5, 0.6) is 0 Å². The van der Waals surface area contributed by atoms with Gasteiger partial charge in [-0.15, -0.1) is 11.3 Å². The topological polar surface area (TPSA) is 109 Å². The summed E-state index contributed by atoms with van der Waals surface area (Å²) >= 11 is 1.41. The monoisotopic (exact) mass is 699 g/mol. The van der Waals surface area contributed by atoms with E-state index in [0.29, 0.717) is 16.3 Å². The zero-order valence-corrected chi connectivity index (χ0v) is 28.7. The quantitative estimate of drug-likeness (QED) is 0.133. The molecule has 2 N–H and O–H groups in total. The number of aliphatic carboxylic acids is 1. The maximum atomic E-state index is 13.3. The number of Topliss-reactive ketones (excluding diaryl/α,β-unsaturated/α-hetero) is 1. The van der Waals surface area contributed by atoms with Crippen LogP contribution in [-0.2, 0) is 27.6 Å². The van der Waals surface area contributed by atoms with Crippen molar-refractivity contribution in [1.29, 1.82) is 0 Å². The van der Waals surface area contributed by atoms with Gasteiger partial charge in [-0.1, -0.05) is 81.4 Å². The van der Waals surface area contributed by atoms with Crippen molar-refractivity contribution in [3.05, 3.63) is 118 Å². The second-order valence-corrected chi connectivity index (χ2v) is 14.2. The van der Waals surface area contributed by atoms with Crippen molar-refractivity contribution >= 4 is 29.0 Å². The minimum atomic E-state index is -4.38. The van der Waals surface area contributed by atoms with Crippen molar-refractivity contribution < 1.29 is 32.7 Å². The van der Waals surface area contributed by atoms with Crippen LogP contribution in [-0.4, -0.2) is 38.8 Å². The molecule has 2 heterocycles. The molecule has 3 aromatic carbocycles. The number of carbonyl (C=O) groups is 3. The van der Waals surface area contributed by atoms with Crippen molar-refractivity contribution in [2.45, 2.75) is 58.2 Å². The first-order chi connectivity index (χ1) is 23.6. The zero-order valence-electron chi connectivity index (χ0n) is 27.9. The second kappa shape index (κ2) is 14.8. The van der Waals surface area contributed by atoms with Crippen LogP contribution in [0.3, 0.4) is 0 Å². The number of rotatable bonds is 11. The largest absolute Gasteiger partial charge is 0.480 e. The molecule has 0 saturated heterocycles. The molecule has 1 amide bonds. The Morgan fingerprint density at radius 3 is 1.78 bits per heavy atom. The van der Waals surface area contributed by atoms with E-state index < -0.39 is 35.6 Å². The summed E-state index contributed by atoms with van der Waals surface area (Å²) in [6, 6.07) is 22.3. The number of nitrogens with one attached hydrogen (secondary N) is 1. The summed E-state index contributed by atoms with van der Waals surface area (Å²) in [7, 11) is 0. The molecule has 0 aliphatic heterocycles. The van der Waals surface area contributed by atoms with Gasteiger partial charge in [0.25, 0.3) is 0 Å². The van der Waals surface area contributed by atoms with Gasteiger partial charge in [-0.3, -0.25) is 14.4 Å². The molecule has 0 saturated carbocycles. The predicted octanol–water partition coefficient (Wildman–Crippen LogP) is 8.88. The molecule has 0 spiro atoms. The smallest absolute Gasteiger partial charge is 0.416 e. The molecule has 0 radical (unpaired) electrons. The number of benzene rings is 3. The van der Waals surface area contributed by atoms with Crippen LogP contribution in [0.25, 0.3) is 33.6 Å². The van der Waals surface area contributed by atoms with Gasteiger partial charge in [0.15, 0.2) is 11.6 Å². The second-order valence-electron chi connectivity index (χ2n) is 13.2. The van der Waals surface area contributed by atoms with Crippen molar-refractivity contribution in [1.82, 2.24) is 15.3 Å². The number of carbonyl (C=O) groups excluding carboxylic acids is 2. The molecule has 11 heteroatoms. The first-order valence-electron chi connectivity index (χ1n) is 15.9. The number of hydrogen-bond donors (Lipinski definition) is 2. The highest BCUT2D eigenvalue weighted by Crippen LogP contribution is 2.33. The molecular formula is C39H36F3N3O4S. The highest BCUT2D eigenvalue weighted by molar-refractivity contribution is 7.14. The average molecular weight is 700 g/mol. The predicted molar refractivity (Wildman–Crippen MR) is 188 cm³/mol. The molecule has 5 aromatic rings. The number of nitrogens with zero attached hydrogens (tertiary/aromatic N) is 2. The van der Waals surface area contributed by atoms with Gasteiger partial charge in [-0.05, 0) is 65.3 Å². The van der Waals surface area contributed by atoms with Crippen LogP contribution in [0, 0.1) is 5.92 Å². The van der Waals surface area contributed by atoms with Crippen molar-refractivity contribution in [3.63, 3.8) is 0 Å². The summed E-state index contributed by atoms with van der Waals surface area (Å²) in [5.74, 6) is -2.14. The lowest BCUT2D eigenvalue weighted by Crippen LogP contribution is -2.42. The van der Waals surface area contributed by atoms with Crippen LogP contribution in [0.2, 0.25) is 0 Å². The fourth-order valence-corrected chi connectivity index (χ4v) is 6.29. The summed E-state index contributed by atoms with van der Waals surface area (Å²) in [6.45, 7) is 7.58. The minimum Gasteiger partial charge on any atom is -0.480 e. The summed E-state index contributed by atoms with van der Waals surface area (Å²) in [5.41, 5.74) is 3.77. The molecule has 50 heavy (non-hydrogen) atoms. The molecule has 2 aromatic heterocycles. The highest BCUT2D eigenvalue weighted by Gasteiger charge is 2.30. The first-order valence-corrected chi connectivity index (χ1v) is 16.8. The van der Waals surface area contributed by atoms with E-state index >= 15 is 0 Å². The third-order valence-electron chi connectivity index (χ3n) is 8.26. The Hall–Kier alpha value is -5.16. The van der Waals surface area contributed by atoms with Gasteiger partial charge in [0.1, 0.15) is 6.04 Å². The SMILES string of the molecule is C[C@@H](NC(=O)[C@@H](CC(=O)c1ccc(C(C)(C)C)s1)Cc1ccc(-c2ncc(-c3ccc(-c4ccc(C(F)(F)F)cc4)cc3)cn2)cc1)C(=O)O. The lowest BCUT2D eigenvalue weighted by molar-refractivity contribution is -0.141. The molecule has 0 unspecified atom stereocenters. The number of halogens is 3. The standard InChI is InChI=1S/C39H36F3N3O4S/c1-23(37(48)49)45-36(47)29(20-32(46)33-17-18-34(50-33)38(2,3)4)19-24-5-7-28(8-6-24)35-43-21-30(22-44-35)27-11-9-25(10-12-27)26-13-15-31(16-14-26)39(40,41)42/h5-18,21-23,29H,19-20H2,1-4H3,(H,45,47)(H,48,49)/t23-,29-/m1/s1. The summed E-state index contributed by atoms with van der Waals surface area (Å²) in [5, 5.41) is 11.8. The Morgan fingerprint density at radius 1 is 0.760 bits per heavy atom. The Kier molecular flexibility index (Phi) is 10.7. The van der Waals surface area contributed by atoms with E-state index in [1.807, 2.05) is 54.6 Å². The number of ketones is 1. The highest BCUT2D eigenvalue weighted by atomic mass is 32.1. The number of alkyl halides is 3. The van der Waals surface area contributed by atoms with E-state index in [0.717, 1.165) is 44.8 Å². The zero-order chi connectivity index (χ0) is 36.2. The Bertz CT molecular complexity index is 1960. The van der Waals surface area contributed by atoms with Gasteiger partial charge in [0.05, 0.1) is 10.4 Å². The van der Waals surface area contributed by atoms with Crippen LogP contribution >= 0.6 is 11.3 Å². The molecule has 2 atom stereocenters. The van der Waals surface area contributed by atoms with Gasteiger partial charge in [0.2, 0.25) is 5.91 Å². The van der Waals surface area contributed by atoms with Crippen LogP contribution in [0.1, 0.15) is 59.8 Å². The van der Waals surface area contributed by atoms with E-state index in [2.05, 4.69) is 36.1 Å². The van der Waals surface area contributed by atoms with Crippen LogP contribution < -0.4 is 5.32 Å².